The number of carbonyl (C=O) groups excluding carboxylic acids is 3. The van der Waals surface area contributed by atoms with E-state index < -0.39 is 28.7 Å². The molecule has 9 nitrogen and oxygen atoms in total. The minimum Gasteiger partial charge on any atom is -0.394 e. The second kappa shape index (κ2) is 14.8. The summed E-state index contributed by atoms with van der Waals surface area (Å²) < 4.78 is 4.76. The van der Waals surface area contributed by atoms with Gasteiger partial charge in [-0.1, -0.05) is 56.3 Å². The average Bonchev–Trinajstić information content (AvgIpc) is 3.65. The van der Waals surface area contributed by atoms with Crippen molar-refractivity contribution in [1.29, 1.82) is 0 Å². The standard InChI is InChI=1S/C35H50N4O5S/c1-5-13-37(14-6-2)32(41)29-28-22-25(4)35(45-28)30(29)33(42)39(27(24-40)23-26-11-9-8-10-12-26)31(35)34(43)38(15-7-3)17-16-36-18-20-44-21-19-36/h5,7-12,25,27-31,40H,1,3,6,13-24H2,2,4H3/t25?,27-,28-,29+,30+,31?,35?/m1/s1. The number of thioether (sulfide) groups is 1. The minimum absolute atomic E-state index is 0.0201. The number of ether oxygens (including phenoxy) is 1. The quantitative estimate of drug-likeness (QED) is 0.296. The summed E-state index contributed by atoms with van der Waals surface area (Å²) in [4.78, 5) is 51.7. The van der Waals surface area contributed by atoms with Crippen LogP contribution in [-0.2, 0) is 25.5 Å². The third-order valence-corrected chi connectivity index (χ3v) is 12.3. The summed E-state index contributed by atoms with van der Waals surface area (Å²) in [6, 6.07) is 8.41. The van der Waals surface area contributed by atoms with Crippen LogP contribution in [0, 0.1) is 17.8 Å². The molecule has 0 radical (unpaired) electrons. The summed E-state index contributed by atoms with van der Waals surface area (Å²) in [5, 5.41) is 10.8. The van der Waals surface area contributed by atoms with Gasteiger partial charge in [0.05, 0.1) is 42.4 Å². The van der Waals surface area contributed by atoms with Gasteiger partial charge >= 0.3 is 0 Å². The van der Waals surface area contributed by atoms with Crippen molar-refractivity contribution in [2.75, 3.05) is 65.6 Å². The molecule has 246 valence electrons. The van der Waals surface area contributed by atoms with Gasteiger partial charge in [-0.25, -0.2) is 0 Å². The smallest absolute Gasteiger partial charge is 0.247 e. The Hall–Kier alpha value is -2.66. The predicted molar refractivity (Wildman–Crippen MR) is 178 cm³/mol. The second-order valence-corrected chi connectivity index (χ2v) is 14.5. The first-order valence-electron chi connectivity index (χ1n) is 16.6. The number of hydrogen-bond donors (Lipinski definition) is 1. The van der Waals surface area contributed by atoms with Gasteiger partial charge in [0.1, 0.15) is 6.04 Å². The lowest BCUT2D eigenvalue weighted by Crippen LogP contribution is -2.60. The highest BCUT2D eigenvalue weighted by atomic mass is 32.2. The Bertz CT molecular complexity index is 1230. The van der Waals surface area contributed by atoms with Crippen LogP contribution in [0.2, 0.25) is 0 Å². The Labute approximate surface area is 272 Å². The van der Waals surface area contributed by atoms with Gasteiger partial charge in [0.25, 0.3) is 0 Å². The van der Waals surface area contributed by atoms with Crippen molar-refractivity contribution in [3.63, 3.8) is 0 Å². The Morgan fingerprint density at radius 2 is 1.78 bits per heavy atom. The molecule has 10 heteroatoms. The normalized spacial score (nSPS) is 29.8. The van der Waals surface area contributed by atoms with Gasteiger partial charge in [-0.3, -0.25) is 19.3 Å². The molecule has 1 aromatic rings. The van der Waals surface area contributed by atoms with Gasteiger partial charge in [-0.2, -0.15) is 0 Å². The van der Waals surface area contributed by atoms with Crippen LogP contribution in [0.15, 0.2) is 55.6 Å². The number of morpholine rings is 1. The van der Waals surface area contributed by atoms with E-state index in [1.54, 1.807) is 28.8 Å². The van der Waals surface area contributed by atoms with Gasteiger partial charge in [0.15, 0.2) is 0 Å². The zero-order valence-electron chi connectivity index (χ0n) is 26.9. The van der Waals surface area contributed by atoms with Crippen LogP contribution in [0.5, 0.6) is 0 Å². The Morgan fingerprint density at radius 3 is 2.40 bits per heavy atom. The molecule has 4 fully saturated rings. The number of aliphatic hydroxyl groups is 1. The molecule has 4 saturated heterocycles. The second-order valence-electron chi connectivity index (χ2n) is 12.9. The first kappa shape index (κ1) is 33.7. The van der Waals surface area contributed by atoms with Crippen molar-refractivity contribution >= 4 is 29.5 Å². The zero-order valence-corrected chi connectivity index (χ0v) is 27.7. The lowest BCUT2D eigenvalue weighted by atomic mass is 9.65. The van der Waals surface area contributed by atoms with Crippen LogP contribution < -0.4 is 0 Å². The zero-order chi connectivity index (χ0) is 32.1. The van der Waals surface area contributed by atoms with E-state index in [9.17, 15) is 19.5 Å². The molecule has 1 N–H and O–H groups in total. The van der Waals surface area contributed by atoms with E-state index >= 15 is 0 Å². The van der Waals surface area contributed by atoms with Crippen molar-refractivity contribution in [3.8, 4) is 0 Å². The lowest BCUT2D eigenvalue weighted by Gasteiger charge is -2.42. The topological polar surface area (TPSA) is 93.6 Å². The number of carbonyl (C=O) groups is 3. The monoisotopic (exact) mass is 638 g/mol. The van der Waals surface area contributed by atoms with E-state index in [2.05, 4.69) is 25.0 Å². The molecule has 7 atom stereocenters. The molecule has 1 spiro atoms. The molecule has 3 amide bonds. The fraction of sp³-hybridized carbons (Fsp3) is 0.629. The first-order chi connectivity index (χ1) is 21.8. The van der Waals surface area contributed by atoms with Crippen molar-refractivity contribution in [2.24, 2.45) is 17.8 Å². The lowest BCUT2D eigenvalue weighted by molar-refractivity contribution is -0.147. The van der Waals surface area contributed by atoms with E-state index in [4.69, 9.17) is 4.74 Å². The first-order valence-corrected chi connectivity index (χ1v) is 17.4. The van der Waals surface area contributed by atoms with Crippen LogP contribution in [0.3, 0.4) is 0 Å². The van der Waals surface area contributed by atoms with Crippen molar-refractivity contribution in [3.05, 3.63) is 61.2 Å². The van der Waals surface area contributed by atoms with E-state index in [0.717, 1.165) is 31.5 Å². The molecule has 4 aliphatic rings. The van der Waals surface area contributed by atoms with E-state index in [1.807, 2.05) is 47.1 Å². The average molecular weight is 639 g/mol. The number of likely N-dealkylation sites (tertiary alicyclic amines) is 1. The summed E-state index contributed by atoms with van der Waals surface area (Å²) in [7, 11) is 0. The van der Waals surface area contributed by atoms with Crippen molar-refractivity contribution in [2.45, 2.75) is 55.2 Å². The molecule has 0 aromatic heterocycles. The highest BCUT2D eigenvalue weighted by molar-refractivity contribution is 8.02. The third kappa shape index (κ3) is 6.35. The predicted octanol–water partition coefficient (Wildman–Crippen LogP) is 2.70. The maximum atomic E-state index is 15.0. The highest BCUT2D eigenvalue weighted by Crippen LogP contribution is 2.69. The van der Waals surface area contributed by atoms with Gasteiger partial charge in [-0.05, 0) is 30.7 Å². The summed E-state index contributed by atoms with van der Waals surface area (Å²) in [5.41, 5.74) is 0.984. The fourth-order valence-corrected chi connectivity index (χ4v) is 10.6. The van der Waals surface area contributed by atoms with E-state index in [1.165, 1.54) is 0 Å². The van der Waals surface area contributed by atoms with Gasteiger partial charge in [0.2, 0.25) is 17.7 Å². The number of fused-ring (bicyclic) bond motifs is 1. The highest BCUT2D eigenvalue weighted by Gasteiger charge is 2.77. The maximum Gasteiger partial charge on any atom is 0.247 e. The molecular formula is C35H50N4O5S. The third-order valence-electron chi connectivity index (χ3n) is 10.2. The summed E-state index contributed by atoms with van der Waals surface area (Å²) in [5.74, 6) is -1.41. The fourth-order valence-electron chi connectivity index (χ4n) is 8.19. The number of amides is 3. The molecule has 4 aliphatic heterocycles. The van der Waals surface area contributed by atoms with E-state index in [-0.39, 0.29) is 35.5 Å². The number of nitrogens with zero attached hydrogens (tertiary/aromatic N) is 4. The van der Waals surface area contributed by atoms with Crippen molar-refractivity contribution in [1.82, 2.24) is 19.6 Å². The Kier molecular flexibility index (Phi) is 11.1. The van der Waals surface area contributed by atoms with Crippen LogP contribution in [-0.4, -0.2) is 130 Å². The van der Waals surface area contributed by atoms with E-state index in [0.29, 0.717) is 52.4 Å². The Balaban J connectivity index is 1.54. The largest absolute Gasteiger partial charge is 0.394 e. The summed E-state index contributed by atoms with van der Waals surface area (Å²) >= 11 is 1.69. The molecule has 0 aliphatic carbocycles. The maximum absolute atomic E-state index is 15.0. The van der Waals surface area contributed by atoms with Crippen LogP contribution in [0.4, 0.5) is 0 Å². The summed E-state index contributed by atoms with van der Waals surface area (Å²) in [6.45, 7) is 17.3. The molecule has 1 aromatic carbocycles. The Morgan fingerprint density at radius 1 is 1.11 bits per heavy atom. The van der Waals surface area contributed by atoms with Crippen LogP contribution in [0.25, 0.3) is 0 Å². The molecule has 45 heavy (non-hydrogen) atoms. The van der Waals surface area contributed by atoms with Crippen LogP contribution >= 0.6 is 11.8 Å². The SMILES string of the molecule is C=CCN(CCN1CCOCC1)C(=O)C1N([C@@H](CO)Cc2ccccc2)C(=O)[C@@H]2[C@@H](C(=O)N(CC=C)CCC)[C@H]3CC(C)C12S3. The number of aliphatic hydroxyl groups excluding tert-OH is 1. The molecule has 4 heterocycles. The van der Waals surface area contributed by atoms with Gasteiger partial charge < -0.3 is 24.5 Å². The number of benzene rings is 1. The molecule has 0 saturated carbocycles. The number of hydrogen-bond acceptors (Lipinski definition) is 7. The van der Waals surface area contributed by atoms with Gasteiger partial charge in [-0.15, -0.1) is 24.9 Å². The van der Waals surface area contributed by atoms with Crippen LogP contribution in [0.1, 0.15) is 32.3 Å². The van der Waals surface area contributed by atoms with Crippen molar-refractivity contribution < 1.29 is 24.2 Å². The molecule has 5 rings (SSSR count). The minimum atomic E-state index is -0.790. The molecule has 3 unspecified atom stereocenters. The molecule has 2 bridgehead atoms. The molecular weight excluding hydrogens is 588 g/mol. The van der Waals surface area contributed by atoms with Gasteiger partial charge in [0, 0.05) is 51.1 Å². The summed E-state index contributed by atoms with van der Waals surface area (Å²) in [6.07, 6.45) is 5.48. The number of rotatable bonds is 15.